The summed E-state index contributed by atoms with van der Waals surface area (Å²) in [5.74, 6) is 0. The van der Waals surface area contributed by atoms with Crippen molar-refractivity contribution in [2.24, 2.45) is 0 Å². The van der Waals surface area contributed by atoms with Crippen molar-refractivity contribution in [1.82, 2.24) is 20.8 Å². The van der Waals surface area contributed by atoms with Gasteiger partial charge in [0, 0.05) is 12.4 Å². The largest absolute Gasteiger partial charge is 0.269 e. The molecule has 1 fully saturated rings. The highest BCUT2D eigenvalue weighted by Crippen LogP contribution is 2.08. The van der Waals surface area contributed by atoms with Crippen LogP contribution in [0.3, 0.4) is 0 Å². The summed E-state index contributed by atoms with van der Waals surface area (Å²) in [5.41, 5.74) is 4.57. The maximum absolute atomic E-state index is 4.76. The van der Waals surface area contributed by atoms with Gasteiger partial charge in [0.05, 0.1) is 11.9 Å². The Hall–Kier alpha value is -1.04. The molecule has 5 heteroatoms. The molecule has 2 heterocycles. The van der Waals surface area contributed by atoms with Crippen molar-refractivity contribution in [2.75, 3.05) is 6.73 Å². The van der Waals surface area contributed by atoms with Crippen LogP contribution in [0.15, 0.2) is 18.6 Å². The molecule has 1 aliphatic rings. The molecule has 1 N–H and O–H groups in total. The van der Waals surface area contributed by atoms with Crippen molar-refractivity contribution < 1.29 is 4.84 Å². The first-order valence-corrected chi connectivity index (χ1v) is 3.28. The number of nitrogens with zero attached hydrogens (tertiary/aromatic N) is 3. The van der Waals surface area contributed by atoms with E-state index in [4.69, 9.17) is 4.84 Å². The predicted octanol–water partition coefficient (Wildman–Crippen LogP) is -0.428. The molecule has 5 nitrogen and oxygen atoms in total. The maximum Gasteiger partial charge on any atom is 0.149 e. The van der Waals surface area contributed by atoms with Gasteiger partial charge in [0.1, 0.15) is 12.9 Å². The SMILES string of the molecule is c1cnc(C2[N]OCN2)cn1. The minimum atomic E-state index is -0.149. The van der Waals surface area contributed by atoms with E-state index in [0.29, 0.717) is 6.73 Å². The Labute approximate surface area is 63.8 Å². The normalized spacial score (nSPS) is 23.8. The first kappa shape index (κ1) is 6.66. The summed E-state index contributed by atoms with van der Waals surface area (Å²) in [6.45, 7) is 0.446. The van der Waals surface area contributed by atoms with Crippen LogP contribution in [0.4, 0.5) is 0 Å². The molecule has 0 saturated carbocycles. The van der Waals surface area contributed by atoms with Crippen molar-refractivity contribution in [2.45, 2.75) is 6.17 Å². The zero-order chi connectivity index (χ0) is 7.52. The van der Waals surface area contributed by atoms with Gasteiger partial charge in [0.25, 0.3) is 0 Å². The molecule has 0 amide bonds. The topological polar surface area (TPSA) is 61.1 Å². The van der Waals surface area contributed by atoms with Crippen LogP contribution in [0.2, 0.25) is 0 Å². The Balaban J connectivity index is 2.16. The fraction of sp³-hybridized carbons (Fsp3) is 0.333. The second-order valence-electron chi connectivity index (χ2n) is 2.12. The van der Waals surface area contributed by atoms with Crippen molar-refractivity contribution in [3.63, 3.8) is 0 Å². The lowest BCUT2D eigenvalue weighted by atomic mass is 10.4. The first-order valence-electron chi connectivity index (χ1n) is 3.28. The Morgan fingerprint density at radius 2 is 2.55 bits per heavy atom. The van der Waals surface area contributed by atoms with Gasteiger partial charge in [0.2, 0.25) is 0 Å². The van der Waals surface area contributed by atoms with Crippen LogP contribution >= 0.6 is 0 Å². The molecule has 1 saturated heterocycles. The van der Waals surface area contributed by atoms with Crippen molar-refractivity contribution in [1.29, 1.82) is 0 Å². The number of rotatable bonds is 1. The third-order valence-electron chi connectivity index (χ3n) is 1.38. The van der Waals surface area contributed by atoms with Gasteiger partial charge in [-0.2, -0.15) is 0 Å². The van der Waals surface area contributed by atoms with Gasteiger partial charge >= 0.3 is 0 Å². The summed E-state index contributed by atoms with van der Waals surface area (Å²) in [7, 11) is 0. The first-order chi connectivity index (χ1) is 5.47. The van der Waals surface area contributed by atoms with Gasteiger partial charge < -0.3 is 0 Å². The van der Waals surface area contributed by atoms with Crippen LogP contribution < -0.4 is 10.8 Å². The Bertz CT molecular complexity index is 221. The standard InChI is InChI=1S/C6H7N4O/c1-2-8-5(3-7-1)6-9-4-11-10-6/h1-3,6,9H,4H2. The van der Waals surface area contributed by atoms with Gasteiger partial charge in [0.15, 0.2) is 0 Å². The highest BCUT2D eigenvalue weighted by atomic mass is 16.7. The van der Waals surface area contributed by atoms with E-state index in [1.807, 2.05) is 0 Å². The molecule has 0 aromatic carbocycles. The van der Waals surface area contributed by atoms with E-state index in [1.54, 1.807) is 18.6 Å². The third-order valence-corrected chi connectivity index (χ3v) is 1.38. The molecule has 1 aromatic heterocycles. The fourth-order valence-electron chi connectivity index (χ4n) is 0.876. The van der Waals surface area contributed by atoms with E-state index in [-0.39, 0.29) is 6.17 Å². The fourth-order valence-corrected chi connectivity index (χ4v) is 0.876. The average Bonchev–Trinajstić information content (AvgIpc) is 2.58. The van der Waals surface area contributed by atoms with Crippen LogP contribution in [-0.2, 0) is 4.84 Å². The smallest absolute Gasteiger partial charge is 0.149 e. The number of aromatic nitrogens is 2. The van der Waals surface area contributed by atoms with Crippen LogP contribution in [0.5, 0.6) is 0 Å². The molecule has 0 spiro atoms. The highest BCUT2D eigenvalue weighted by molar-refractivity contribution is 5.00. The van der Waals surface area contributed by atoms with Gasteiger partial charge in [-0.1, -0.05) is 5.48 Å². The summed E-state index contributed by atoms with van der Waals surface area (Å²) in [4.78, 5) is 12.7. The molecule has 57 valence electrons. The van der Waals surface area contributed by atoms with Gasteiger partial charge in [-0.25, -0.2) is 0 Å². The number of hydrogen-bond donors (Lipinski definition) is 1. The zero-order valence-electron chi connectivity index (χ0n) is 5.77. The van der Waals surface area contributed by atoms with E-state index in [0.717, 1.165) is 5.69 Å². The molecular formula is C6H7N4O. The second-order valence-corrected chi connectivity index (χ2v) is 2.12. The Morgan fingerprint density at radius 3 is 3.18 bits per heavy atom. The summed E-state index contributed by atoms with van der Waals surface area (Å²) in [6, 6.07) is 0. The average molecular weight is 151 g/mol. The highest BCUT2D eigenvalue weighted by Gasteiger charge is 2.18. The predicted molar refractivity (Wildman–Crippen MR) is 36.0 cm³/mol. The zero-order valence-corrected chi connectivity index (χ0v) is 5.77. The van der Waals surface area contributed by atoms with Crippen molar-refractivity contribution in [3.8, 4) is 0 Å². The lowest BCUT2D eigenvalue weighted by molar-refractivity contribution is 0.0778. The second kappa shape index (κ2) is 2.91. The molecule has 0 bridgehead atoms. The molecule has 0 aliphatic carbocycles. The van der Waals surface area contributed by atoms with Crippen LogP contribution in [0.1, 0.15) is 11.9 Å². The van der Waals surface area contributed by atoms with E-state index < -0.39 is 0 Å². The van der Waals surface area contributed by atoms with Crippen LogP contribution in [0.25, 0.3) is 0 Å². The number of nitrogens with one attached hydrogen (secondary N) is 1. The maximum atomic E-state index is 4.76. The van der Waals surface area contributed by atoms with E-state index in [2.05, 4.69) is 20.8 Å². The Morgan fingerprint density at radius 1 is 1.55 bits per heavy atom. The molecule has 1 atom stereocenters. The minimum absolute atomic E-state index is 0.149. The van der Waals surface area contributed by atoms with Crippen molar-refractivity contribution >= 4 is 0 Å². The lowest BCUT2D eigenvalue weighted by Crippen LogP contribution is -2.18. The minimum Gasteiger partial charge on any atom is -0.269 e. The van der Waals surface area contributed by atoms with Crippen molar-refractivity contribution in [3.05, 3.63) is 24.3 Å². The molecule has 11 heavy (non-hydrogen) atoms. The van der Waals surface area contributed by atoms with E-state index in [9.17, 15) is 0 Å². The molecule has 1 aliphatic heterocycles. The molecule has 1 aromatic rings. The van der Waals surface area contributed by atoms with E-state index >= 15 is 0 Å². The van der Waals surface area contributed by atoms with Gasteiger partial charge in [-0.3, -0.25) is 20.1 Å². The molecule has 2 rings (SSSR count). The third kappa shape index (κ3) is 1.35. The lowest BCUT2D eigenvalue weighted by Gasteiger charge is -2.03. The van der Waals surface area contributed by atoms with Crippen LogP contribution in [0, 0.1) is 0 Å². The van der Waals surface area contributed by atoms with Gasteiger partial charge in [-0.15, -0.1) is 0 Å². The molecular weight excluding hydrogens is 144 g/mol. The summed E-state index contributed by atoms with van der Waals surface area (Å²) < 4.78 is 0. The molecule has 1 unspecified atom stereocenters. The quantitative estimate of drug-likeness (QED) is 0.591. The number of hydroxylamine groups is 1. The van der Waals surface area contributed by atoms with E-state index in [1.165, 1.54) is 0 Å². The monoisotopic (exact) mass is 151 g/mol. The van der Waals surface area contributed by atoms with Crippen LogP contribution in [-0.4, -0.2) is 16.7 Å². The molecule has 1 radical (unpaired) electrons. The summed E-state index contributed by atoms with van der Waals surface area (Å²) in [5, 5.41) is 2.98. The van der Waals surface area contributed by atoms with Gasteiger partial charge in [-0.05, 0) is 0 Å². The summed E-state index contributed by atoms with van der Waals surface area (Å²) in [6.07, 6.45) is 4.77. The Kier molecular flexibility index (Phi) is 1.76. The number of hydrogen-bond acceptors (Lipinski definition) is 4. The summed E-state index contributed by atoms with van der Waals surface area (Å²) >= 11 is 0.